The average molecular weight is 260 g/mol. The van der Waals surface area contributed by atoms with Gasteiger partial charge in [-0.05, 0) is 31.0 Å². The van der Waals surface area contributed by atoms with E-state index in [1.807, 2.05) is 29.1 Å². The zero-order chi connectivity index (χ0) is 13.3. The van der Waals surface area contributed by atoms with Crippen molar-refractivity contribution < 1.29 is 4.74 Å². The lowest BCUT2D eigenvalue weighted by Crippen LogP contribution is -2.09. The molecule has 2 rings (SSSR count). The van der Waals surface area contributed by atoms with Crippen LogP contribution in [0.4, 0.5) is 5.82 Å². The summed E-state index contributed by atoms with van der Waals surface area (Å²) in [5.41, 5.74) is 0. The highest BCUT2D eigenvalue weighted by Gasteiger charge is 2.03. The Morgan fingerprint density at radius 1 is 1.32 bits per heavy atom. The fourth-order valence-corrected chi connectivity index (χ4v) is 1.73. The molecule has 0 spiro atoms. The third-order valence-electron chi connectivity index (χ3n) is 2.65. The van der Waals surface area contributed by atoms with E-state index in [9.17, 15) is 0 Å². The van der Waals surface area contributed by atoms with Crippen molar-refractivity contribution in [1.82, 2.24) is 14.8 Å². The molecular weight excluding hydrogens is 240 g/mol. The van der Waals surface area contributed by atoms with E-state index < -0.39 is 0 Å². The van der Waals surface area contributed by atoms with E-state index in [4.69, 9.17) is 4.74 Å². The molecule has 0 radical (unpaired) electrons. The van der Waals surface area contributed by atoms with Crippen molar-refractivity contribution >= 4 is 5.82 Å². The van der Waals surface area contributed by atoms with Crippen LogP contribution in [0.5, 0.6) is 5.75 Å². The summed E-state index contributed by atoms with van der Waals surface area (Å²) in [5, 5.41) is 7.47. The number of pyridine rings is 1. The van der Waals surface area contributed by atoms with Gasteiger partial charge in [0.05, 0.1) is 6.61 Å². The van der Waals surface area contributed by atoms with Gasteiger partial charge in [0.2, 0.25) is 0 Å². The number of rotatable bonds is 8. The molecule has 19 heavy (non-hydrogen) atoms. The van der Waals surface area contributed by atoms with Crippen LogP contribution >= 0.6 is 0 Å². The van der Waals surface area contributed by atoms with E-state index in [0.717, 1.165) is 37.5 Å². The molecule has 0 aliphatic rings. The van der Waals surface area contributed by atoms with Crippen molar-refractivity contribution in [3.8, 4) is 5.75 Å². The van der Waals surface area contributed by atoms with Crippen molar-refractivity contribution in [2.45, 2.75) is 26.3 Å². The fourth-order valence-electron chi connectivity index (χ4n) is 1.73. The lowest BCUT2D eigenvalue weighted by molar-refractivity contribution is 0.317. The van der Waals surface area contributed by atoms with E-state index >= 15 is 0 Å². The molecule has 0 unspecified atom stereocenters. The number of nitrogens with one attached hydrogen (secondary N) is 1. The minimum atomic E-state index is 0.716. The Balaban J connectivity index is 1.78. The van der Waals surface area contributed by atoms with Crippen LogP contribution in [0.1, 0.15) is 19.8 Å². The summed E-state index contributed by atoms with van der Waals surface area (Å²) in [6.07, 6.45) is 7.52. The summed E-state index contributed by atoms with van der Waals surface area (Å²) < 4.78 is 7.57. The van der Waals surface area contributed by atoms with E-state index in [-0.39, 0.29) is 0 Å². The first kappa shape index (κ1) is 13.4. The molecular formula is C14H20N4O. The van der Waals surface area contributed by atoms with Crippen LogP contribution in [0.3, 0.4) is 0 Å². The quantitative estimate of drug-likeness (QED) is 0.741. The van der Waals surface area contributed by atoms with E-state index in [2.05, 4.69) is 22.3 Å². The van der Waals surface area contributed by atoms with Crippen LogP contribution in [0.15, 0.2) is 36.8 Å². The molecule has 5 heteroatoms. The molecule has 2 aromatic heterocycles. The Kier molecular flexibility index (Phi) is 5.22. The van der Waals surface area contributed by atoms with Crippen molar-refractivity contribution in [1.29, 1.82) is 0 Å². The Morgan fingerprint density at radius 3 is 3.05 bits per heavy atom. The first-order valence-corrected chi connectivity index (χ1v) is 6.69. The second kappa shape index (κ2) is 7.41. The SMILES string of the molecule is CCCOc1cccnc1NCCCn1cccn1. The predicted octanol–water partition coefficient (Wildman–Crippen LogP) is 2.57. The second-order valence-corrected chi connectivity index (χ2v) is 4.25. The van der Waals surface area contributed by atoms with Crippen LogP contribution in [0.25, 0.3) is 0 Å². The number of anilines is 1. The maximum Gasteiger partial charge on any atom is 0.168 e. The molecule has 1 N–H and O–H groups in total. The van der Waals surface area contributed by atoms with E-state index in [1.165, 1.54) is 0 Å². The number of aromatic nitrogens is 3. The van der Waals surface area contributed by atoms with Gasteiger partial charge in [-0.15, -0.1) is 0 Å². The van der Waals surface area contributed by atoms with E-state index in [0.29, 0.717) is 6.61 Å². The van der Waals surface area contributed by atoms with Crippen LogP contribution in [-0.2, 0) is 6.54 Å². The van der Waals surface area contributed by atoms with Crippen molar-refractivity contribution in [2.24, 2.45) is 0 Å². The fraction of sp³-hybridized carbons (Fsp3) is 0.429. The normalized spacial score (nSPS) is 10.4. The number of hydrogen-bond donors (Lipinski definition) is 1. The predicted molar refractivity (Wildman–Crippen MR) is 75.4 cm³/mol. The Morgan fingerprint density at radius 2 is 2.26 bits per heavy atom. The van der Waals surface area contributed by atoms with Gasteiger partial charge in [0.1, 0.15) is 0 Å². The highest BCUT2D eigenvalue weighted by Crippen LogP contribution is 2.20. The summed E-state index contributed by atoms with van der Waals surface area (Å²) in [6.45, 7) is 4.55. The molecule has 102 valence electrons. The number of hydrogen-bond acceptors (Lipinski definition) is 4. The first-order valence-electron chi connectivity index (χ1n) is 6.69. The lowest BCUT2D eigenvalue weighted by Gasteiger charge is -2.11. The summed E-state index contributed by atoms with van der Waals surface area (Å²) >= 11 is 0. The molecule has 0 fully saturated rings. The maximum atomic E-state index is 5.65. The van der Waals surface area contributed by atoms with Gasteiger partial charge in [0.25, 0.3) is 0 Å². The highest BCUT2D eigenvalue weighted by molar-refractivity contribution is 5.49. The van der Waals surface area contributed by atoms with Crippen LogP contribution in [0, 0.1) is 0 Å². The topological polar surface area (TPSA) is 52.0 Å². The molecule has 0 saturated heterocycles. The van der Waals surface area contributed by atoms with Gasteiger partial charge in [-0.2, -0.15) is 5.10 Å². The molecule has 0 aliphatic heterocycles. The van der Waals surface area contributed by atoms with Gasteiger partial charge in [-0.25, -0.2) is 4.98 Å². The molecule has 0 aromatic carbocycles. The van der Waals surface area contributed by atoms with Crippen LogP contribution < -0.4 is 10.1 Å². The zero-order valence-electron chi connectivity index (χ0n) is 11.2. The van der Waals surface area contributed by atoms with Crippen molar-refractivity contribution in [2.75, 3.05) is 18.5 Å². The maximum absolute atomic E-state index is 5.65. The third-order valence-corrected chi connectivity index (χ3v) is 2.65. The van der Waals surface area contributed by atoms with Crippen molar-refractivity contribution in [3.05, 3.63) is 36.8 Å². The number of ether oxygens (including phenoxy) is 1. The Labute approximate surface area is 113 Å². The summed E-state index contributed by atoms with van der Waals surface area (Å²) in [5.74, 6) is 1.64. The molecule has 0 saturated carbocycles. The molecule has 0 atom stereocenters. The standard InChI is InChI=1S/C14H20N4O/c1-2-12-19-13-6-3-7-15-14(13)16-8-4-10-18-11-5-9-17-18/h3,5-7,9,11H,2,4,8,10,12H2,1H3,(H,15,16). The van der Waals surface area contributed by atoms with Gasteiger partial charge in [0, 0.05) is 31.7 Å². The minimum absolute atomic E-state index is 0.716. The summed E-state index contributed by atoms with van der Waals surface area (Å²) in [6, 6.07) is 5.77. The third kappa shape index (κ3) is 4.28. The summed E-state index contributed by atoms with van der Waals surface area (Å²) in [4.78, 5) is 4.31. The molecule has 2 aromatic rings. The monoisotopic (exact) mass is 260 g/mol. The smallest absolute Gasteiger partial charge is 0.168 e. The van der Waals surface area contributed by atoms with Gasteiger partial charge in [-0.3, -0.25) is 4.68 Å². The van der Waals surface area contributed by atoms with Gasteiger partial charge in [-0.1, -0.05) is 6.92 Å². The van der Waals surface area contributed by atoms with Crippen LogP contribution in [-0.4, -0.2) is 27.9 Å². The van der Waals surface area contributed by atoms with Crippen molar-refractivity contribution in [3.63, 3.8) is 0 Å². The van der Waals surface area contributed by atoms with Crippen LogP contribution in [0.2, 0.25) is 0 Å². The summed E-state index contributed by atoms with van der Waals surface area (Å²) in [7, 11) is 0. The molecule has 5 nitrogen and oxygen atoms in total. The molecule has 0 amide bonds. The zero-order valence-corrected chi connectivity index (χ0v) is 11.2. The molecule has 2 heterocycles. The lowest BCUT2D eigenvalue weighted by atomic mass is 10.4. The first-order chi connectivity index (χ1) is 9.40. The van der Waals surface area contributed by atoms with E-state index in [1.54, 1.807) is 12.4 Å². The highest BCUT2D eigenvalue weighted by atomic mass is 16.5. The second-order valence-electron chi connectivity index (χ2n) is 4.25. The minimum Gasteiger partial charge on any atom is -0.490 e. The molecule has 0 aliphatic carbocycles. The molecule has 0 bridgehead atoms. The van der Waals surface area contributed by atoms with Gasteiger partial charge in [0.15, 0.2) is 11.6 Å². The number of nitrogens with zero attached hydrogens (tertiary/aromatic N) is 3. The van der Waals surface area contributed by atoms with Gasteiger partial charge < -0.3 is 10.1 Å². The Bertz CT molecular complexity index is 470. The number of aryl methyl sites for hydroxylation is 1. The largest absolute Gasteiger partial charge is 0.490 e. The average Bonchev–Trinajstić information content (AvgIpc) is 2.95. The van der Waals surface area contributed by atoms with Gasteiger partial charge >= 0.3 is 0 Å². The Hall–Kier alpha value is -2.04.